The van der Waals surface area contributed by atoms with Gasteiger partial charge in [-0.3, -0.25) is 4.79 Å². The van der Waals surface area contributed by atoms with Gasteiger partial charge in [0.15, 0.2) is 9.84 Å². The van der Waals surface area contributed by atoms with E-state index in [9.17, 15) is 26.8 Å². The zero-order valence-electron chi connectivity index (χ0n) is 28.2. The summed E-state index contributed by atoms with van der Waals surface area (Å²) in [7, 11) is -0.141. The monoisotopic (exact) mass is 732 g/mol. The quantitative estimate of drug-likeness (QED) is 0.180. The Morgan fingerprint density at radius 1 is 0.939 bits per heavy atom. The van der Waals surface area contributed by atoms with E-state index in [1.54, 1.807) is 47.2 Å². The molecule has 0 atom stereocenters. The standard InChI is InChI=1S/C36H39ClF2N2O6S2/c1-36(2,3)47-35(43)40(4)24-10-12-25(13-11-24)41(34(42)33-31(37)30-27(38)16-17-28(39)32(30)48-33)20-23-19-22(9-18-29(23)46-5)21-7-14-26(15-8-21)49(6,44)45/h7-9,14-19,24-25H,10-13,20H2,1-6H3/t24-,25-. The number of fused-ring (bicyclic) bond motifs is 1. The van der Waals surface area contributed by atoms with Crippen LogP contribution in [-0.4, -0.2) is 68.3 Å². The number of methoxy groups -OCH3 is 1. The third-order valence-electron chi connectivity index (χ3n) is 8.71. The van der Waals surface area contributed by atoms with Crippen molar-refractivity contribution in [2.75, 3.05) is 20.4 Å². The molecule has 0 spiro atoms. The van der Waals surface area contributed by atoms with Crippen molar-refractivity contribution in [3.63, 3.8) is 0 Å². The summed E-state index contributed by atoms with van der Waals surface area (Å²) in [6.07, 6.45) is 3.01. The van der Waals surface area contributed by atoms with Gasteiger partial charge in [0.25, 0.3) is 5.91 Å². The molecule has 0 saturated heterocycles. The minimum absolute atomic E-state index is 0.0279. The van der Waals surface area contributed by atoms with Crippen LogP contribution in [0.5, 0.6) is 5.75 Å². The number of benzene rings is 3. The molecule has 1 fully saturated rings. The minimum atomic E-state index is -3.38. The van der Waals surface area contributed by atoms with Crippen molar-refractivity contribution in [2.45, 2.75) is 75.6 Å². The number of sulfone groups is 1. The van der Waals surface area contributed by atoms with Crippen molar-refractivity contribution in [1.29, 1.82) is 0 Å². The van der Waals surface area contributed by atoms with E-state index < -0.39 is 39.1 Å². The van der Waals surface area contributed by atoms with E-state index in [1.807, 2.05) is 32.9 Å². The van der Waals surface area contributed by atoms with Gasteiger partial charge < -0.3 is 19.3 Å². The molecule has 8 nitrogen and oxygen atoms in total. The van der Waals surface area contributed by atoms with Gasteiger partial charge in [0.05, 0.1) is 27.1 Å². The highest BCUT2D eigenvalue weighted by atomic mass is 35.5. The van der Waals surface area contributed by atoms with Crippen molar-refractivity contribution in [3.8, 4) is 16.9 Å². The molecular formula is C36H39ClF2N2O6S2. The maximum absolute atomic E-state index is 14.8. The Bertz CT molecular complexity index is 1990. The predicted octanol–water partition coefficient (Wildman–Crippen LogP) is 8.73. The molecule has 0 bridgehead atoms. The summed E-state index contributed by atoms with van der Waals surface area (Å²) >= 11 is 7.42. The second-order valence-electron chi connectivity index (χ2n) is 13.3. The molecular weight excluding hydrogens is 694 g/mol. The number of carbonyl (C=O) groups is 2. The number of hydrogen-bond acceptors (Lipinski definition) is 7. The molecule has 5 rings (SSSR count). The molecule has 3 aromatic carbocycles. The van der Waals surface area contributed by atoms with Crippen molar-refractivity contribution in [1.82, 2.24) is 9.80 Å². The molecule has 1 aromatic heterocycles. The number of carbonyl (C=O) groups excluding carboxylic acids is 2. The van der Waals surface area contributed by atoms with Crippen LogP contribution in [0, 0.1) is 11.6 Å². The molecule has 4 aromatic rings. The zero-order chi connectivity index (χ0) is 35.8. The predicted molar refractivity (Wildman–Crippen MR) is 188 cm³/mol. The summed E-state index contributed by atoms with van der Waals surface area (Å²) in [5.41, 5.74) is 1.56. The Balaban J connectivity index is 1.50. The van der Waals surface area contributed by atoms with Crippen LogP contribution in [-0.2, 0) is 21.1 Å². The first-order valence-corrected chi connectivity index (χ1v) is 18.9. The summed E-state index contributed by atoms with van der Waals surface area (Å²) in [6.45, 7) is 5.52. The third kappa shape index (κ3) is 8.02. The average Bonchev–Trinajstić information content (AvgIpc) is 3.41. The van der Waals surface area contributed by atoms with Crippen LogP contribution < -0.4 is 4.74 Å². The number of ether oxygens (including phenoxy) is 2. The van der Waals surface area contributed by atoms with Crippen LogP contribution in [0.3, 0.4) is 0 Å². The Kier molecular flexibility index (Phi) is 10.6. The van der Waals surface area contributed by atoms with Gasteiger partial charge in [-0.15, -0.1) is 11.3 Å². The lowest BCUT2D eigenvalue weighted by Crippen LogP contribution is -2.47. The van der Waals surface area contributed by atoms with Gasteiger partial charge in [-0.25, -0.2) is 22.0 Å². The molecule has 1 heterocycles. The lowest BCUT2D eigenvalue weighted by molar-refractivity contribution is 0.0144. The molecule has 49 heavy (non-hydrogen) atoms. The maximum Gasteiger partial charge on any atom is 0.410 e. The highest BCUT2D eigenvalue weighted by Crippen LogP contribution is 2.41. The summed E-state index contributed by atoms with van der Waals surface area (Å²) in [5.74, 6) is -1.34. The first-order valence-electron chi connectivity index (χ1n) is 15.8. The first-order chi connectivity index (χ1) is 23.0. The molecule has 0 unspecified atom stereocenters. The van der Waals surface area contributed by atoms with Gasteiger partial charge >= 0.3 is 6.09 Å². The zero-order valence-corrected chi connectivity index (χ0v) is 30.6. The van der Waals surface area contributed by atoms with E-state index in [-0.39, 0.29) is 43.5 Å². The van der Waals surface area contributed by atoms with Crippen LogP contribution in [0.1, 0.15) is 61.7 Å². The average molecular weight is 733 g/mol. The molecule has 262 valence electrons. The molecule has 0 radical (unpaired) electrons. The third-order valence-corrected chi connectivity index (χ3v) is 11.5. The van der Waals surface area contributed by atoms with Gasteiger partial charge in [0.1, 0.15) is 27.9 Å². The number of thiophene rings is 1. The van der Waals surface area contributed by atoms with Crippen molar-refractivity contribution in [2.24, 2.45) is 0 Å². The largest absolute Gasteiger partial charge is 0.496 e. The summed E-state index contributed by atoms with van der Waals surface area (Å²) < 4.78 is 64.8. The molecule has 0 N–H and O–H groups in total. The van der Waals surface area contributed by atoms with E-state index in [2.05, 4.69) is 0 Å². The van der Waals surface area contributed by atoms with Crippen LogP contribution in [0.2, 0.25) is 5.02 Å². The molecule has 1 saturated carbocycles. The van der Waals surface area contributed by atoms with E-state index in [0.717, 1.165) is 40.9 Å². The van der Waals surface area contributed by atoms with Gasteiger partial charge in [-0.05, 0) is 94.0 Å². The normalized spacial score (nSPS) is 16.8. The smallest absolute Gasteiger partial charge is 0.410 e. The highest BCUT2D eigenvalue weighted by Gasteiger charge is 2.35. The Labute approximate surface area is 294 Å². The number of nitrogens with zero attached hydrogens (tertiary/aromatic N) is 2. The highest BCUT2D eigenvalue weighted by molar-refractivity contribution is 7.90. The summed E-state index contributed by atoms with van der Waals surface area (Å²) in [4.78, 5) is 30.7. The molecule has 1 aliphatic carbocycles. The lowest BCUT2D eigenvalue weighted by Gasteiger charge is -2.40. The van der Waals surface area contributed by atoms with Crippen LogP contribution in [0.15, 0.2) is 59.5 Å². The fraction of sp³-hybridized carbons (Fsp3) is 0.389. The fourth-order valence-corrected chi connectivity index (χ4v) is 8.27. The summed E-state index contributed by atoms with van der Waals surface area (Å²) in [5, 5.41) is -0.271. The van der Waals surface area contributed by atoms with Gasteiger partial charge in [0.2, 0.25) is 0 Å². The Morgan fingerprint density at radius 3 is 2.10 bits per heavy atom. The first kappa shape index (κ1) is 36.5. The second-order valence-corrected chi connectivity index (χ2v) is 16.7. The van der Waals surface area contributed by atoms with Crippen LogP contribution in [0.25, 0.3) is 21.2 Å². The van der Waals surface area contributed by atoms with Crippen molar-refractivity contribution >= 4 is 54.9 Å². The van der Waals surface area contributed by atoms with E-state index in [1.165, 1.54) is 7.11 Å². The lowest BCUT2D eigenvalue weighted by atomic mass is 9.89. The van der Waals surface area contributed by atoms with Crippen LogP contribution >= 0.6 is 22.9 Å². The van der Waals surface area contributed by atoms with Gasteiger partial charge in [-0.2, -0.15) is 0 Å². The Hall–Kier alpha value is -3.74. The van der Waals surface area contributed by atoms with E-state index >= 15 is 0 Å². The number of amides is 2. The fourth-order valence-electron chi connectivity index (χ4n) is 6.13. The SMILES string of the molecule is COc1ccc(-c2ccc(S(C)(=O)=O)cc2)cc1CN(C(=O)c1sc2c(F)ccc(F)c2c1Cl)[C@H]1CC[C@H](N(C)C(=O)OC(C)(C)C)CC1. The Morgan fingerprint density at radius 2 is 1.53 bits per heavy atom. The second kappa shape index (κ2) is 14.2. The number of hydrogen-bond donors (Lipinski definition) is 0. The molecule has 2 amide bonds. The molecule has 13 heteroatoms. The van der Waals surface area contributed by atoms with Crippen molar-refractivity contribution in [3.05, 3.63) is 81.7 Å². The number of halogens is 3. The van der Waals surface area contributed by atoms with E-state index in [0.29, 0.717) is 37.0 Å². The molecule has 0 aliphatic heterocycles. The number of rotatable bonds is 8. The minimum Gasteiger partial charge on any atom is -0.496 e. The maximum atomic E-state index is 14.8. The topological polar surface area (TPSA) is 93.2 Å². The van der Waals surface area contributed by atoms with Crippen molar-refractivity contribution < 1.29 is 36.3 Å². The van der Waals surface area contributed by atoms with Gasteiger partial charge in [-0.1, -0.05) is 29.8 Å². The van der Waals surface area contributed by atoms with Gasteiger partial charge in [0, 0.05) is 37.5 Å². The van der Waals surface area contributed by atoms with E-state index in [4.69, 9.17) is 21.1 Å². The van der Waals surface area contributed by atoms with Crippen LogP contribution in [0.4, 0.5) is 13.6 Å². The summed E-state index contributed by atoms with van der Waals surface area (Å²) in [6, 6.07) is 13.6. The molecule has 1 aliphatic rings.